The van der Waals surface area contributed by atoms with Gasteiger partial charge in [-0.05, 0) is 30.3 Å². The highest BCUT2D eigenvalue weighted by molar-refractivity contribution is 6.06. The van der Waals surface area contributed by atoms with Crippen molar-refractivity contribution in [2.45, 2.75) is 6.29 Å². The number of rotatable bonds is 3. The number of hydrogen-bond acceptors (Lipinski definition) is 4. The number of carbonyl (C=O) groups excluding carboxylic acids is 1. The van der Waals surface area contributed by atoms with Crippen molar-refractivity contribution in [1.82, 2.24) is 0 Å². The summed E-state index contributed by atoms with van der Waals surface area (Å²) in [5.74, 6) is -3.88. The van der Waals surface area contributed by atoms with Gasteiger partial charge in [-0.15, -0.1) is 8.78 Å². The van der Waals surface area contributed by atoms with Crippen LogP contribution in [0.4, 0.5) is 18.9 Å². The van der Waals surface area contributed by atoms with E-state index < -0.39 is 29.6 Å². The molecule has 0 fully saturated rings. The minimum absolute atomic E-state index is 0.0670. The number of carboxylic acid groups (broad SMARTS) is 1. The third-order valence-electron chi connectivity index (χ3n) is 3.52. The van der Waals surface area contributed by atoms with E-state index in [1.807, 2.05) is 0 Å². The van der Waals surface area contributed by atoms with Gasteiger partial charge in [0.15, 0.2) is 17.3 Å². The van der Waals surface area contributed by atoms with E-state index in [0.717, 1.165) is 23.1 Å². The Morgan fingerprint density at radius 1 is 1.12 bits per heavy atom. The van der Waals surface area contributed by atoms with Crippen molar-refractivity contribution in [3.8, 4) is 11.5 Å². The first-order valence-electron chi connectivity index (χ1n) is 6.89. The maximum atomic E-state index is 14.3. The summed E-state index contributed by atoms with van der Waals surface area (Å²) in [5, 5.41) is 8.94. The van der Waals surface area contributed by atoms with E-state index in [4.69, 9.17) is 5.11 Å². The number of fused-ring (bicyclic) bond motifs is 1. The van der Waals surface area contributed by atoms with Gasteiger partial charge in [-0.2, -0.15) is 0 Å². The van der Waals surface area contributed by atoms with Crippen molar-refractivity contribution < 1.29 is 37.3 Å². The van der Waals surface area contributed by atoms with Crippen molar-refractivity contribution >= 4 is 17.6 Å². The van der Waals surface area contributed by atoms with Gasteiger partial charge in [-0.25, -0.2) is 9.18 Å². The van der Waals surface area contributed by atoms with Crippen molar-refractivity contribution in [3.63, 3.8) is 0 Å². The Labute approximate surface area is 139 Å². The van der Waals surface area contributed by atoms with Gasteiger partial charge >= 0.3 is 12.3 Å². The average Bonchev–Trinajstić information content (AvgIpc) is 2.86. The summed E-state index contributed by atoms with van der Waals surface area (Å²) in [5.41, 5.74) is -0.932. The maximum absolute atomic E-state index is 14.3. The second-order valence-electron chi connectivity index (χ2n) is 5.14. The second kappa shape index (κ2) is 5.69. The fourth-order valence-corrected chi connectivity index (χ4v) is 2.33. The topological polar surface area (TPSA) is 76.1 Å². The molecule has 0 atom stereocenters. The van der Waals surface area contributed by atoms with E-state index in [1.165, 1.54) is 25.2 Å². The average molecular weight is 353 g/mol. The summed E-state index contributed by atoms with van der Waals surface area (Å²) >= 11 is 0. The highest BCUT2D eigenvalue weighted by Crippen LogP contribution is 2.41. The Kier molecular flexibility index (Phi) is 3.78. The predicted molar refractivity (Wildman–Crippen MR) is 78.7 cm³/mol. The third kappa shape index (κ3) is 2.95. The first kappa shape index (κ1) is 16.6. The number of benzene rings is 2. The quantitative estimate of drug-likeness (QED) is 0.918. The summed E-state index contributed by atoms with van der Waals surface area (Å²) in [6.07, 6.45) is -3.82. The molecule has 6 nitrogen and oxygen atoms in total. The number of carbonyl (C=O) groups is 2. The van der Waals surface area contributed by atoms with Crippen LogP contribution in [0.25, 0.3) is 0 Å². The van der Waals surface area contributed by atoms with Crippen molar-refractivity contribution in [2.75, 3.05) is 11.9 Å². The zero-order chi connectivity index (χ0) is 18.4. The number of alkyl halides is 2. The van der Waals surface area contributed by atoms with Gasteiger partial charge in [0.25, 0.3) is 5.91 Å². The summed E-state index contributed by atoms with van der Waals surface area (Å²) in [7, 11) is 1.23. The number of ether oxygens (including phenoxy) is 2. The highest BCUT2D eigenvalue weighted by Gasteiger charge is 2.43. The Morgan fingerprint density at radius 2 is 1.80 bits per heavy atom. The van der Waals surface area contributed by atoms with Gasteiger partial charge < -0.3 is 19.5 Å². The number of carboxylic acids is 1. The molecule has 0 spiro atoms. The fourth-order valence-electron chi connectivity index (χ4n) is 2.33. The minimum Gasteiger partial charge on any atom is -0.478 e. The molecule has 130 valence electrons. The molecule has 0 aromatic heterocycles. The van der Waals surface area contributed by atoms with E-state index >= 15 is 0 Å². The number of nitrogens with zero attached hydrogens (tertiary/aromatic N) is 1. The Hall–Kier alpha value is -3.23. The van der Waals surface area contributed by atoms with Crippen LogP contribution in [0.3, 0.4) is 0 Å². The number of halogens is 3. The number of amides is 1. The molecule has 1 heterocycles. The SMILES string of the molecule is CN(C(=O)c1ccc2c(c1)OC(F)(F)O2)c1cccc(C(=O)O)c1F. The van der Waals surface area contributed by atoms with E-state index in [2.05, 4.69) is 9.47 Å². The van der Waals surface area contributed by atoms with Crippen LogP contribution in [0.5, 0.6) is 11.5 Å². The van der Waals surface area contributed by atoms with Crippen LogP contribution in [0.1, 0.15) is 20.7 Å². The molecule has 0 radical (unpaired) electrons. The molecule has 0 saturated carbocycles. The summed E-state index contributed by atoms with van der Waals surface area (Å²) in [6.45, 7) is 0. The zero-order valence-corrected chi connectivity index (χ0v) is 12.6. The smallest absolute Gasteiger partial charge is 0.478 e. The van der Waals surface area contributed by atoms with Gasteiger partial charge in [0, 0.05) is 12.6 Å². The number of aromatic carboxylic acids is 1. The van der Waals surface area contributed by atoms with E-state index in [9.17, 15) is 22.8 Å². The maximum Gasteiger partial charge on any atom is 0.586 e. The van der Waals surface area contributed by atoms with Crippen molar-refractivity contribution in [1.29, 1.82) is 0 Å². The lowest BCUT2D eigenvalue weighted by Gasteiger charge is -2.19. The molecule has 2 aromatic rings. The first-order chi connectivity index (χ1) is 11.7. The van der Waals surface area contributed by atoms with Crippen LogP contribution in [-0.2, 0) is 0 Å². The Balaban J connectivity index is 1.92. The lowest BCUT2D eigenvalue weighted by atomic mass is 10.1. The Bertz CT molecular complexity index is 884. The van der Waals surface area contributed by atoms with Gasteiger partial charge in [0.05, 0.1) is 11.3 Å². The standard InChI is InChI=1S/C16H10F3NO5/c1-20(10-4-2-3-9(13(10)17)15(22)23)14(21)8-5-6-11-12(7-8)25-16(18,19)24-11/h2-7H,1H3,(H,22,23). The van der Waals surface area contributed by atoms with Crippen LogP contribution in [-0.4, -0.2) is 30.3 Å². The largest absolute Gasteiger partial charge is 0.586 e. The lowest BCUT2D eigenvalue weighted by molar-refractivity contribution is -0.286. The monoisotopic (exact) mass is 353 g/mol. The predicted octanol–water partition coefficient (Wildman–Crippen LogP) is 3.12. The van der Waals surface area contributed by atoms with Gasteiger partial charge in [-0.3, -0.25) is 4.79 Å². The van der Waals surface area contributed by atoms with Crippen LogP contribution in [0.15, 0.2) is 36.4 Å². The van der Waals surface area contributed by atoms with Crippen LogP contribution in [0, 0.1) is 5.82 Å². The molecule has 25 heavy (non-hydrogen) atoms. The third-order valence-corrected chi connectivity index (χ3v) is 3.52. The fraction of sp³-hybridized carbons (Fsp3) is 0.125. The lowest BCUT2D eigenvalue weighted by Crippen LogP contribution is -2.27. The first-order valence-corrected chi connectivity index (χ1v) is 6.89. The molecule has 1 amide bonds. The molecule has 0 unspecified atom stereocenters. The highest BCUT2D eigenvalue weighted by atomic mass is 19.3. The summed E-state index contributed by atoms with van der Waals surface area (Å²) < 4.78 is 48.8. The van der Waals surface area contributed by atoms with Crippen molar-refractivity contribution in [3.05, 3.63) is 53.3 Å². The molecular formula is C16H10F3NO5. The Morgan fingerprint density at radius 3 is 2.48 bits per heavy atom. The summed E-state index contributed by atoms with van der Waals surface area (Å²) in [6, 6.07) is 6.94. The molecule has 3 rings (SSSR count). The van der Waals surface area contributed by atoms with Crippen molar-refractivity contribution in [2.24, 2.45) is 0 Å². The van der Waals surface area contributed by atoms with E-state index in [-0.39, 0.29) is 22.7 Å². The van der Waals surface area contributed by atoms with Crippen LogP contribution in [0.2, 0.25) is 0 Å². The van der Waals surface area contributed by atoms with Gasteiger partial charge in [0.2, 0.25) is 0 Å². The molecule has 0 bridgehead atoms. The molecule has 9 heteroatoms. The number of hydrogen-bond donors (Lipinski definition) is 1. The molecule has 0 aliphatic carbocycles. The molecule has 2 aromatic carbocycles. The van der Waals surface area contributed by atoms with E-state index in [1.54, 1.807) is 0 Å². The second-order valence-corrected chi connectivity index (χ2v) is 5.14. The summed E-state index contributed by atoms with van der Waals surface area (Å²) in [4.78, 5) is 24.3. The minimum atomic E-state index is -3.82. The van der Waals surface area contributed by atoms with E-state index in [0.29, 0.717) is 0 Å². The number of anilines is 1. The van der Waals surface area contributed by atoms with Gasteiger partial charge in [-0.1, -0.05) is 6.07 Å². The van der Waals surface area contributed by atoms with Gasteiger partial charge in [0.1, 0.15) is 0 Å². The normalized spacial score (nSPS) is 14.2. The van der Waals surface area contributed by atoms with Crippen LogP contribution >= 0.6 is 0 Å². The molecule has 1 aliphatic rings. The molecular weight excluding hydrogens is 343 g/mol. The zero-order valence-electron chi connectivity index (χ0n) is 12.6. The van der Waals surface area contributed by atoms with Crippen LogP contribution < -0.4 is 14.4 Å². The molecule has 0 saturated heterocycles. The molecule has 1 aliphatic heterocycles. The molecule has 1 N–H and O–H groups in total.